The van der Waals surface area contributed by atoms with E-state index in [4.69, 9.17) is 14.3 Å². The zero-order valence-corrected chi connectivity index (χ0v) is 35.2. The van der Waals surface area contributed by atoms with Gasteiger partial charge in [-0.15, -0.1) is 0 Å². The van der Waals surface area contributed by atoms with E-state index in [1.54, 1.807) is 0 Å². The highest BCUT2D eigenvalue weighted by molar-refractivity contribution is 6.15. The summed E-state index contributed by atoms with van der Waals surface area (Å²) in [5, 5.41) is 4.13. The average molecular weight is 797 g/mol. The molecule has 12 rings (SSSR count). The van der Waals surface area contributed by atoms with Crippen LogP contribution in [0.1, 0.15) is 85.9 Å². The average Bonchev–Trinajstić information content (AvgIpc) is 4.02. The van der Waals surface area contributed by atoms with E-state index in [9.17, 15) is 4.11 Å². The van der Waals surface area contributed by atoms with E-state index in [0.717, 1.165) is 71.7 Å². The predicted molar refractivity (Wildman–Crippen MR) is 255 cm³/mol. The molecule has 2 aliphatic rings. The quantitative estimate of drug-likeness (QED) is 0.178. The van der Waals surface area contributed by atoms with Gasteiger partial charge in [0.15, 0.2) is 0 Å². The lowest BCUT2D eigenvalue weighted by molar-refractivity contribution is 0.590. The predicted octanol–water partition coefficient (Wildman–Crippen LogP) is 16.5. The van der Waals surface area contributed by atoms with Crippen LogP contribution < -0.4 is 4.90 Å². The van der Waals surface area contributed by atoms with Crippen LogP contribution in [0.4, 0.5) is 17.1 Å². The Morgan fingerprint density at radius 3 is 2.05 bits per heavy atom. The molecule has 0 radical (unpaired) electrons. The third-order valence-corrected chi connectivity index (χ3v) is 13.4. The Morgan fingerprint density at radius 2 is 1.21 bits per heavy atom. The van der Waals surface area contributed by atoms with Crippen molar-refractivity contribution >= 4 is 60.9 Å². The molecule has 2 aliphatic carbocycles. The van der Waals surface area contributed by atoms with E-state index in [1.807, 2.05) is 79.4 Å². The van der Waals surface area contributed by atoms with Gasteiger partial charge >= 0.3 is 0 Å². The van der Waals surface area contributed by atoms with Gasteiger partial charge in [-0.1, -0.05) is 145 Å². The maximum atomic E-state index is 10.2. The molecule has 8 aromatic carbocycles. The van der Waals surface area contributed by atoms with Crippen LogP contribution >= 0.6 is 0 Å². The SMILES string of the molecule is [2H]c1c([2H])c([2H])c2c(c1[2H])-c1c([2H])c([2H])c(N(c3ccc(-c4cccc5c4oc4ccccc45)cc3)c3ccc4c(c3)-c3c(ccc5oc6ccc(C(C)(C)C)cc6c35)C4(C)C)c([2H])c1C2(C)C. The van der Waals surface area contributed by atoms with Crippen LogP contribution in [-0.2, 0) is 16.2 Å². The van der Waals surface area contributed by atoms with Crippen LogP contribution in [0.5, 0.6) is 0 Å². The molecule has 2 heterocycles. The number of anilines is 3. The molecule has 61 heavy (non-hydrogen) atoms. The van der Waals surface area contributed by atoms with Crippen molar-refractivity contribution in [2.24, 2.45) is 0 Å². The minimum atomic E-state index is -1.10. The topological polar surface area (TPSA) is 29.5 Å². The summed E-state index contributed by atoms with van der Waals surface area (Å²) in [6.07, 6.45) is 0. The standard InChI is InChI=1S/C58H47NO2/c1-56(2,3)35-21-29-51-45(31-35)54-52(60-51)30-28-48-53(54)44-32-37(25-27-47(44)57(48,4)5)59(38-24-26-41-40-13-8-10-17-46(40)58(6,7)49(41)33-38)36-22-19-34(20-23-36)39-15-12-16-43-42-14-9-11-18-50(42)61-55(39)43/h8-33H,1-7H3/i8D,10D,13D,17D,24D,26D,33D. The molecular weight excluding hydrogens is 743 g/mol. The van der Waals surface area contributed by atoms with Crippen molar-refractivity contribution in [2.75, 3.05) is 4.90 Å². The molecule has 3 nitrogen and oxygen atoms in total. The maximum absolute atomic E-state index is 10.2. The number of hydrogen-bond donors (Lipinski definition) is 0. The van der Waals surface area contributed by atoms with E-state index < -0.39 is 11.5 Å². The first-order valence-electron chi connectivity index (χ1n) is 24.5. The normalized spacial score (nSPS) is 16.3. The summed E-state index contributed by atoms with van der Waals surface area (Å²) in [5.74, 6) is 0. The molecule has 2 aromatic heterocycles. The summed E-state index contributed by atoms with van der Waals surface area (Å²) in [5.41, 5.74) is 11.7. The summed E-state index contributed by atoms with van der Waals surface area (Å²) in [4.78, 5) is 1.90. The third-order valence-electron chi connectivity index (χ3n) is 13.4. The number of furan rings is 2. The second kappa shape index (κ2) is 12.4. The minimum absolute atomic E-state index is 0.0191. The van der Waals surface area contributed by atoms with E-state index in [2.05, 4.69) is 89.2 Å². The van der Waals surface area contributed by atoms with Crippen LogP contribution in [0.15, 0.2) is 166 Å². The van der Waals surface area contributed by atoms with Gasteiger partial charge in [0.05, 0.1) is 9.60 Å². The van der Waals surface area contributed by atoms with Crippen LogP contribution in [0, 0.1) is 0 Å². The van der Waals surface area contributed by atoms with Crippen LogP contribution in [0.25, 0.3) is 77.3 Å². The maximum Gasteiger partial charge on any atom is 0.143 e. The molecule has 296 valence electrons. The van der Waals surface area contributed by atoms with Crippen molar-refractivity contribution in [3.63, 3.8) is 0 Å². The Hall–Kier alpha value is -6.84. The van der Waals surface area contributed by atoms with Gasteiger partial charge in [0.25, 0.3) is 0 Å². The number of hydrogen-bond acceptors (Lipinski definition) is 3. The highest BCUT2D eigenvalue weighted by Gasteiger charge is 2.39. The molecule has 0 bridgehead atoms. The van der Waals surface area contributed by atoms with Gasteiger partial charge in [-0.25, -0.2) is 0 Å². The van der Waals surface area contributed by atoms with Crippen LogP contribution in [-0.4, -0.2) is 0 Å². The Bertz CT molecular complexity index is 3870. The zero-order chi connectivity index (χ0) is 47.7. The Labute approximate surface area is 366 Å². The summed E-state index contributed by atoms with van der Waals surface area (Å²) < 4.78 is 78.0. The number of para-hydroxylation sites is 2. The lowest BCUT2D eigenvalue weighted by Gasteiger charge is -2.29. The molecule has 10 aromatic rings. The smallest absolute Gasteiger partial charge is 0.143 e. The summed E-state index contributed by atoms with van der Waals surface area (Å²) in [6.45, 7) is 14.8. The van der Waals surface area contributed by atoms with Crippen molar-refractivity contribution < 1.29 is 18.4 Å². The second-order valence-corrected chi connectivity index (χ2v) is 18.8. The van der Waals surface area contributed by atoms with Gasteiger partial charge in [0.2, 0.25) is 0 Å². The monoisotopic (exact) mass is 796 g/mol. The minimum Gasteiger partial charge on any atom is -0.456 e. The molecular formula is C58H47NO2. The molecule has 0 N–H and O–H groups in total. The lowest BCUT2D eigenvalue weighted by Crippen LogP contribution is -2.17. The van der Waals surface area contributed by atoms with Crippen molar-refractivity contribution in [3.05, 3.63) is 185 Å². The first kappa shape index (κ1) is 29.4. The van der Waals surface area contributed by atoms with Crippen LogP contribution in [0.3, 0.4) is 0 Å². The molecule has 0 spiro atoms. The fourth-order valence-corrected chi connectivity index (χ4v) is 10.1. The summed E-state index contributed by atoms with van der Waals surface area (Å²) >= 11 is 0. The third kappa shape index (κ3) is 5.10. The van der Waals surface area contributed by atoms with Crippen molar-refractivity contribution in [3.8, 4) is 33.4 Å². The van der Waals surface area contributed by atoms with Gasteiger partial charge in [-0.3, -0.25) is 0 Å². The largest absolute Gasteiger partial charge is 0.456 e. The number of benzene rings is 8. The first-order chi connectivity index (χ1) is 32.3. The zero-order valence-electron chi connectivity index (χ0n) is 42.2. The molecule has 0 aliphatic heterocycles. The number of fused-ring (bicyclic) bond motifs is 13. The van der Waals surface area contributed by atoms with Gasteiger partial charge in [0, 0.05) is 55.0 Å². The molecule has 0 saturated heterocycles. The second-order valence-electron chi connectivity index (χ2n) is 18.8. The molecule has 0 unspecified atom stereocenters. The van der Waals surface area contributed by atoms with Crippen molar-refractivity contribution in [1.82, 2.24) is 0 Å². The van der Waals surface area contributed by atoms with E-state index in [0.29, 0.717) is 22.5 Å². The summed E-state index contributed by atoms with van der Waals surface area (Å²) in [6, 6.07) is 37.5. The van der Waals surface area contributed by atoms with Crippen molar-refractivity contribution in [1.29, 1.82) is 0 Å². The van der Waals surface area contributed by atoms with Crippen molar-refractivity contribution in [2.45, 2.75) is 64.7 Å². The Balaban J connectivity index is 1.12. The van der Waals surface area contributed by atoms with E-state index in [-0.39, 0.29) is 63.9 Å². The molecule has 0 fully saturated rings. The van der Waals surface area contributed by atoms with E-state index in [1.165, 1.54) is 11.1 Å². The summed E-state index contributed by atoms with van der Waals surface area (Å²) in [7, 11) is 0. The highest BCUT2D eigenvalue weighted by Crippen LogP contribution is 2.56. The number of rotatable bonds is 4. The fourth-order valence-electron chi connectivity index (χ4n) is 10.1. The van der Waals surface area contributed by atoms with Gasteiger partial charge in [0.1, 0.15) is 22.3 Å². The molecule has 0 atom stereocenters. The van der Waals surface area contributed by atoms with Gasteiger partial charge in [-0.05, 0) is 122 Å². The molecule has 3 heteroatoms. The molecule has 0 saturated carbocycles. The Kier molecular flexibility index (Phi) is 5.96. The highest BCUT2D eigenvalue weighted by atomic mass is 16.3. The Morgan fingerprint density at radius 1 is 0.508 bits per heavy atom. The van der Waals surface area contributed by atoms with E-state index >= 15 is 0 Å². The van der Waals surface area contributed by atoms with Crippen LogP contribution in [0.2, 0.25) is 0 Å². The molecule has 0 amide bonds. The number of nitrogens with zero attached hydrogens (tertiary/aromatic N) is 1. The van der Waals surface area contributed by atoms with Gasteiger partial charge in [-0.2, -0.15) is 0 Å². The fraction of sp³-hybridized carbons (Fsp3) is 0.172. The first-order valence-corrected chi connectivity index (χ1v) is 21.0. The lowest BCUT2D eigenvalue weighted by atomic mass is 9.82. The van der Waals surface area contributed by atoms with Gasteiger partial charge < -0.3 is 13.7 Å².